The van der Waals surface area contributed by atoms with Gasteiger partial charge in [0.25, 0.3) is 0 Å². The Morgan fingerprint density at radius 1 is 0.774 bits per heavy atom. The van der Waals surface area contributed by atoms with Gasteiger partial charge in [-0.05, 0) is 18.2 Å². The Hall–Kier alpha value is -2.86. The number of halogens is 2. The molecule has 4 nitrogen and oxygen atoms in total. The maximum atomic E-state index is 12.5. The van der Waals surface area contributed by atoms with Crippen molar-refractivity contribution in [1.82, 2.24) is 9.97 Å². The van der Waals surface area contributed by atoms with Gasteiger partial charge >= 0.3 is 0 Å². The van der Waals surface area contributed by atoms with E-state index in [1.807, 2.05) is 66.7 Å². The Bertz CT molecular complexity index is 1130. The lowest BCUT2D eigenvalue weighted by atomic mass is 10.1. The Kier molecular flexibility index (Phi) is 6.87. The van der Waals surface area contributed by atoms with Crippen molar-refractivity contribution >= 4 is 46.6 Å². The Morgan fingerprint density at radius 2 is 1.29 bits per heavy atom. The summed E-state index contributed by atoms with van der Waals surface area (Å²) in [5.74, 6) is -0.122. The number of benzene rings is 3. The first kappa shape index (κ1) is 21.4. The zero-order valence-electron chi connectivity index (χ0n) is 16.3. The zero-order valence-corrected chi connectivity index (χ0v) is 18.6. The SMILES string of the molecule is O=C(CSc1nc(-c2ccccc2)cc(-c2ccccc2)n1)Nc1c(Cl)cccc1Cl. The van der Waals surface area contributed by atoms with Crippen molar-refractivity contribution in [3.05, 3.63) is 95.0 Å². The molecule has 3 aromatic carbocycles. The largest absolute Gasteiger partial charge is 0.323 e. The number of rotatable bonds is 6. The van der Waals surface area contributed by atoms with Crippen LogP contribution in [0.5, 0.6) is 0 Å². The van der Waals surface area contributed by atoms with Crippen LogP contribution in [0.1, 0.15) is 0 Å². The molecule has 0 aliphatic carbocycles. The van der Waals surface area contributed by atoms with Crippen LogP contribution >= 0.6 is 35.0 Å². The van der Waals surface area contributed by atoms with Gasteiger partial charge < -0.3 is 5.32 Å². The van der Waals surface area contributed by atoms with Crippen LogP contribution in [0.25, 0.3) is 22.5 Å². The Labute approximate surface area is 194 Å². The number of carbonyl (C=O) groups is 1. The summed E-state index contributed by atoms with van der Waals surface area (Å²) in [7, 11) is 0. The summed E-state index contributed by atoms with van der Waals surface area (Å²) in [5, 5.41) is 4.05. The van der Waals surface area contributed by atoms with Crippen molar-refractivity contribution in [2.45, 2.75) is 5.16 Å². The second-order valence-corrected chi connectivity index (χ2v) is 8.34. The van der Waals surface area contributed by atoms with Crippen molar-refractivity contribution in [1.29, 1.82) is 0 Å². The number of hydrogen-bond acceptors (Lipinski definition) is 4. The van der Waals surface area contributed by atoms with Crippen molar-refractivity contribution < 1.29 is 4.79 Å². The number of thioether (sulfide) groups is 1. The maximum absolute atomic E-state index is 12.5. The fourth-order valence-electron chi connectivity index (χ4n) is 2.93. The fraction of sp³-hybridized carbons (Fsp3) is 0.0417. The molecule has 4 aromatic rings. The lowest BCUT2D eigenvalue weighted by Crippen LogP contribution is -2.15. The molecule has 4 rings (SSSR count). The number of aromatic nitrogens is 2. The molecular weight excluding hydrogens is 449 g/mol. The molecule has 0 bridgehead atoms. The number of para-hydroxylation sites is 1. The van der Waals surface area contributed by atoms with Gasteiger partial charge in [-0.3, -0.25) is 4.79 Å². The van der Waals surface area contributed by atoms with Crippen LogP contribution in [0.2, 0.25) is 10.0 Å². The van der Waals surface area contributed by atoms with Crippen molar-refractivity contribution in [3.8, 4) is 22.5 Å². The first-order valence-corrected chi connectivity index (χ1v) is 11.2. The van der Waals surface area contributed by atoms with E-state index in [9.17, 15) is 4.79 Å². The van der Waals surface area contributed by atoms with Gasteiger partial charge in [-0.25, -0.2) is 9.97 Å². The molecule has 0 fully saturated rings. The molecule has 1 aromatic heterocycles. The number of nitrogens with zero attached hydrogens (tertiary/aromatic N) is 2. The van der Waals surface area contributed by atoms with Gasteiger partial charge in [0.05, 0.1) is 32.9 Å². The van der Waals surface area contributed by atoms with E-state index in [-0.39, 0.29) is 11.7 Å². The summed E-state index contributed by atoms with van der Waals surface area (Å²) in [6, 6.07) is 26.8. The lowest BCUT2D eigenvalue weighted by molar-refractivity contribution is -0.113. The smallest absolute Gasteiger partial charge is 0.234 e. The third-order valence-electron chi connectivity index (χ3n) is 4.40. The van der Waals surface area contributed by atoms with E-state index in [2.05, 4.69) is 15.3 Å². The first-order valence-electron chi connectivity index (χ1n) is 9.47. The van der Waals surface area contributed by atoms with Crippen LogP contribution in [-0.4, -0.2) is 21.6 Å². The highest BCUT2D eigenvalue weighted by Gasteiger charge is 2.13. The normalized spacial score (nSPS) is 10.6. The van der Waals surface area contributed by atoms with E-state index in [4.69, 9.17) is 23.2 Å². The predicted molar refractivity (Wildman–Crippen MR) is 129 cm³/mol. The minimum absolute atomic E-state index is 0.119. The summed E-state index contributed by atoms with van der Waals surface area (Å²) in [5.41, 5.74) is 3.96. The minimum Gasteiger partial charge on any atom is -0.323 e. The quantitative estimate of drug-likeness (QED) is 0.250. The molecule has 0 aliphatic heterocycles. The Balaban J connectivity index is 1.58. The highest BCUT2D eigenvalue weighted by Crippen LogP contribution is 2.31. The summed E-state index contributed by atoms with van der Waals surface area (Å²) in [6.07, 6.45) is 0. The molecular formula is C24H17Cl2N3OS. The molecule has 0 radical (unpaired) electrons. The van der Waals surface area contributed by atoms with Crippen LogP contribution < -0.4 is 5.32 Å². The van der Waals surface area contributed by atoms with E-state index < -0.39 is 0 Å². The van der Waals surface area contributed by atoms with E-state index in [1.165, 1.54) is 11.8 Å². The molecule has 0 spiro atoms. The van der Waals surface area contributed by atoms with E-state index in [0.717, 1.165) is 22.5 Å². The monoisotopic (exact) mass is 465 g/mol. The van der Waals surface area contributed by atoms with Gasteiger partial charge in [0.15, 0.2) is 5.16 Å². The number of anilines is 1. The third-order valence-corrected chi connectivity index (χ3v) is 5.88. The zero-order chi connectivity index (χ0) is 21.6. The molecule has 0 atom stereocenters. The van der Waals surface area contributed by atoms with Crippen molar-refractivity contribution in [3.63, 3.8) is 0 Å². The summed E-state index contributed by atoms with van der Waals surface area (Å²) >= 11 is 13.5. The average Bonchev–Trinajstić information content (AvgIpc) is 2.81. The molecule has 7 heteroatoms. The van der Waals surface area contributed by atoms with Gasteiger partial charge in [0.1, 0.15) is 0 Å². The van der Waals surface area contributed by atoms with Gasteiger partial charge in [0.2, 0.25) is 5.91 Å². The van der Waals surface area contributed by atoms with Crippen molar-refractivity contribution in [2.24, 2.45) is 0 Å². The number of carbonyl (C=O) groups excluding carboxylic acids is 1. The first-order chi connectivity index (χ1) is 15.1. The molecule has 1 amide bonds. The number of hydrogen-bond donors (Lipinski definition) is 1. The molecule has 154 valence electrons. The summed E-state index contributed by atoms with van der Waals surface area (Å²) in [4.78, 5) is 21.8. The van der Waals surface area contributed by atoms with Crippen molar-refractivity contribution in [2.75, 3.05) is 11.1 Å². The van der Waals surface area contributed by atoms with Crippen LogP contribution in [0.15, 0.2) is 90.1 Å². The highest BCUT2D eigenvalue weighted by atomic mass is 35.5. The van der Waals surface area contributed by atoms with Gasteiger partial charge in [-0.2, -0.15) is 0 Å². The van der Waals surface area contributed by atoms with Gasteiger partial charge in [0, 0.05) is 11.1 Å². The van der Waals surface area contributed by atoms with E-state index in [0.29, 0.717) is 20.9 Å². The average molecular weight is 466 g/mol. The third kappa shape index (κ3) is 5.44. The number of amides is 1. The second-order valence-electron chi connectivity index (χ2n) is 6.59. The van der Waals surface area contributed by atoms with Crippen LogP contribution in [0, 0.1) is 0 Å². The van der Waals surface area contributed by atoms with E-state index >= 15 is 0 Å². The molecule has 1 heterocycles. The highest BCUT2D eigenvalue weighted by molar-refractivity contribution is 7.99. The number of nitrogens with one attached hydrogen (secondary N) is 1. The predicted octanol–water partition coefficient (Wildman–Crippen LogP) is 6.85. The summed E-state index contributed by atoms with van der Waals surface area (Å²) < 4.78 is 0. The molecule has 31 heavy (non-hydrogen) atoms. The van der Waals surface area contributed by atoms with Crippen LogP contribution in [0.4, 0.5) is 5.69 Å². The molecule has 0 saturated heterocycles. The van der Waals surface area contributed by atoms with Gasteiger partial charge in [-0.15, -0.1) is 0 Å². The lowest BCUT2D eigenvalue weighted by Gasteiger charge is -2.10. The second kappa shape index (κ2) is 9.96. The van der Waals surface area contributed by atoms with Gasteiger partial charge in [-0.1, -0.05) is 102 Å². The fourth-order valence-corrected chi connectivity index (χ4v) is 4.08. The molecule has 0 aliphatic rings. The standard InChI is InChI=1S/C24H17Cl2N3OS/c25-18-12-7-13-19(26)23(18)29-22(30)15-31-24-27-20(16-8-3-1-4-9-16)14-21(28-24)17-10-5-2-6-11-17/h1-14H,15H2,(H,29,30). The van der Waals surface area contributed by atoms with Crippen LogP contribution in [-0.2, 0) is 4.79 Å². The minimum atomic E-state index is -0.241. The topological polar surface area (TPSA) is 54.9 Å². The summed E-state index contributed by atoms with van der Waals surface area (Å²) in [6.45, 7) is 0. The van der Waals surface area contributed by atoms with E-state index in [1.54, 1.807) is 18.2 Å². The molecule has 0 saturated carbocycles. The maximum Gasteiger partial charge on any atom is 0.234 e. The Morgan fingerprint density at radius 3 is 1.81 bits per heavy atom. The molecule has 0 unspecified atom stereocenters. The van der Waals surface area contributed by atoms with Crippen LogP contribution in [0.3, 0.4) is 0 Å². The molecule has 1 N–H and O–H groups in total.